The van der Waals surface area contributed by atoms with Crippen LogP contribution in [0.1, 0.15) is 20.7 Å². The summed E-state index contributed by atoms with van der Waals surface area (Å²) in [6.45, 7) is 0. The zero-order valence-corrected chi connectivity index (χ0v) is 10.2. The van der Waals surface area contributed by atoms with Crippen LogP contribution >= 0.6 is 0 Å². The molecule has 0 radical (unpaired) electrons. The molecular weight excluding hydrogens is 289 g/mol. The highest BCUT2D eigenvalue weighted by Crippen LogP contribution is 2.19. The molecule has 0 spiro atoms. The number of pyridine rings is 1. The van der Waals surface area contributed by atoms with Crippen molar-refractivity contribution in [2.75, 3.05) is 5.32 Å². The number of hydrogen-bond donors (Lipinski definition) is 2. The number of aromatic nitrogens is 1. The number of carboxylic acids is 1. The predicted molar refractivity (Wildman–Crippen MR) is 65.5 cm³/mol. The van der Waals surface area contributed by atoms with Gasteiger partial charge >= 0.3 is 5.97 Å². The SMILES string of the molecule is O=C(O)c1ccc(F)cc1NC(=O)c1ccnc(F)c1F. The van der Waals surface area contributed by atoms with Gasteiger partial charge in [0, 0.05) is 6.20 Å². The molecule has 0 bridgehead atoms. The molecule has 0 saturated carbocycles. The van der Waals surface area contributed by atoms with E-state index in [0.29, 0.717) is 0 Å². The normalized spacial score (nSPS) is 10.2. The maximum Gasteiger partial charge on any atom is 0.337 e. The van der Waals surface area contributed by atoms with Crippen LogP contribution in [0, 0.1) is 17.6 Å². The topological polar surface area (TPSA) is 79.3 Å². The quantitative estimate of drug-likeness (QED) is 0.853. The number of anilines is 1. The molecule has 1 aromatic carbocycles. The van der Waals surface area contributed by atoms with E-state index in [1.54, 1.807) is 0 Å². The lowest BCUT2D eigenvalue weighted by Gasteiger charge is -2.09. The molecule has 0 unspecified atom stereocenters. The van der Waals surface area contributed by atoms with Crippen molar-refractivity contribution >= 4 is 17.6 Å². The molecule has 0 atom stereocenters. The summed E-state index contributed by atoms with van der Waals surface area (Å²) in [5.41, 5.74) is -1.44. The second-order valence-corrected chi connectivity index (χ2v) is 3.91. The van der Waals surface area contributed by atoms with Gasteiger partial charge in [0.2, 0.25) is 5.95 Å². The molecule has 108 valence electrons. The van der Waals surface area contributed by atoms with Gasteiger partial charge in [0.05, 0.1) is 16.8 Å². The van der Waals surface area contributed by atoms with E-state index < -0.39 is 35.0 Å². The minimum Gasteiger partial charge on any atom is -0.478 e. The number of nitrogens with zero attached hydrogens (tertiary/aromatic N) is 1. The van der Waals surface area contributed by atoms with Crippen molar-refractivity contribution in [2.24, 2.45) is 0 Å². The standard InChI is InChI=1S/C13H7F3N2O3/c14-6-1-2-7(13(20)21)9(5-6)18-12(19)8-3-4-17-11(16)10(8)15/h1-5H,(H,18,19)(H,20,21). The first-order chi connectivity index (χ1) is 9.90. The molecule has 5 nitrogen and oxygen atoms in total. The molecule has 1 aromatic heterocycles. The Balaban J connectivity index is 2.38. The zero-order valence-electron chi connectivity index (χ0n) is 10.2. The Bertz CT molecular complexity index is 735. The minimum absolute atomic E-state index is 0.371. The van der Waals surface area contributed by atoms with Crippen molar-refractivity contribution in [3.05, 3.63) is 59.2 Å². The first kappa shape index (κ1) is 14.5. The molecule has 0 aliphatic heterocycles. The fourth-order valence-electron chi connectivity index (χ4n) is 1.59. The fourth-order valence-corrected chi connectivity index (χ4v) is 1.59. The highest BCUT2D eigenvalue weighted by molar-refractivity contribution is 6.07. The lowest BCUT2D eigenvalue weighted by atomic mass is 10.1. The van der Waals surface area contributed by atoms with Crippen LogP contribution in [0.5, 0.6) is 0 Å². The smallest absolute Gasteiger partial charge is 0.337 e. The largest absolute Gasteiger partial charge is 0.478 e. The van der Waals surface area contributed by atoms with Gasteiger partial charge in [-0.05, 0) is 24.3 Å². The van der Waals surface area contributed by atoms with Crippen molar-refractivity contribution in [3.63, 3.8) is 0 Å². The second-order valence-electron chi connectivity index (χ2n) is 3.91. The van der Waals surface area contributed by atoms with E-state index in [2.05, 4.69) is 4.98 Å². The fraction of sp³-hybridized carbons (Fsp3) is 0. The Morgan fingerprint density at radius 2 is 1.81 bits per heavy atom. The minimum atomic E-state index is -1.48. The van der Waals surface area contributed by atoms with Crippen molar-refractivity contribution in [1.82, 2.24) is 4.98 Å². The van der Waals surface area contributed by atoms with Crippen LogP contribution in [0.4, 0.5) is 18.9 Å². The number of carbonyl (C=O) groups excluding carboxylic acids is 1. The van der Waals surface area contributed by atoms with Crippen molar-refractivity contribution < 1.29 is 27.9 Å². The number of benzene rings is 1. The van der Waals surface area contributed by atoms with E-state index in [9.17, 15) is 22.8 Å². The number of nitrogens with one attached hydrogen (secondary N) is 1. The van der Waals surface area contributed by atoms with Crippen LogP contribution in [-0.2, 0) is 0 Å². The molecule has 0 aliphatic carbocycles. The lowest BCUT2D eigenvalue weighted by Crippen LogP contribution is -2.17. The van der Waals surface area contributed by atoms with Crippen LogP contribution in [0.25, 0.3) is 0 Å². The number of amides is 1. The molecule has 1 amide bonds. The van der Waals surface area contributed by atoms with Crippen molar-refractivity contribution in [3.8, 4) is 0 Å². The Morgan fingerprint density at radius 3 is 2.48 bits per heavy atom. The first-order valence-electron chi connectivity index (χ1n) is 5.54. The third-order valence-corrected chi connectivity index (χ3v) is 2.55. The van der Waals surface area contributed by atoms with E-state index in [1.807, 2.05) is 5.32 Å². The van der Waals surface area contributed by atoms with Crippen molar-refractivity contribution in [1.29, 1.82) is 0 Å². The van der Waals surface area contributed by atoms with Gasteiger partial charge in [-0.2, -0.15) is 4.39 Å². The van der Waals surface area contributed by atoms with Crippen molar-refractivity contribution in [2.45, 2.75) is 0 Å². The molecule has 1 heterocycles. The maximum atomic E-state index is 13.4. The summed E-state index contributed by atoms with van der Waals surface area (Å²) in [5.74, 6) is -6.28. The first-order valence-corrected chi connectivity index (χ1v) is 5.54. The summed E-state index contributed by atoms with van der Waals surface area (Å²) in [6.07, 6.45) is 0.872. The number of hydrogen-bond acceptors (Lipinski definition) is 3. The Labute approximate surface area is 116 Å². The van der Waals surface area contributed by atoms with Crippen LogP contribution in [-0.4, -0.2) is 22.0 Å². The van der Waals surface area contributed by atoms with Gasteiger partial charge in [-0.25, -0.2) is 18.6 Å². The summed E-state index contributed by atoms with van der Waals surface area (Å²) in [4.78, 5) is 25.8. The number of aromatic carboxylic acids is 1. The monoisotopic (exact) mass is 296 g/mol. The van der Waals surface area contributed by atoms with E-state index in [-0.39, 0.29) is 11.3 Å². The van der Waals surface area contributed by atoms with E-state index in [1.165, 1.54) is 0 Å². The molecule has 0 aliphatic rings. The summed E-state index contributed by atoms with van der Waals surface area (Å²) >= 11 is 0. The van der Waals surface area contributed by atoms with Gasteiger partial charge in [-0.15, -0.1) is 0 Å². The summed E-state index contributed by atoms with van der Waals surface area (Å²) in [5, 5.41) is 10.9. The molecule has 0 fully saturated rings. The van der Waals surface area contributed by atoms with E-state index in [0.717, 1.165) is 30.5 Å². The third-order valence-electron chi connectivity index (χ3n) is 2.55. The molecule has 2 aromatic rings. The van der Waals surface area contributed by atoms with Gasteiger partial charge in [0.15, 0.2) is 5.82 Å². The van der Waals surface area contributed by atoms with E-state index in [4.69, 9.17) is 5.11 Å². The number of carboxylic acid groups (broad SMARTS) is 1. The number of carbonyl (C=O) groups is 2. The van der Waals surface area contributed by atoms with Gasteiger partial charge in [-0.1, -0.05) is 0 Å². The highest BCUT2D eigenvalue weighted by atomic mass is 19.2. The van der Waals surface area contributed by atoms with Crippen LogP contribution in [0.2, 0.25) is 0 Å². The average molecular weight is 296 g/mol. The molecule has 2 rings (SSSR count). The molecule has 21 heavy (non-hydrogen) atoms. The van der Waals surface area contributed by atoms with Crippen LogP contribution < -0.4 is 5.32 Å². The second kappa shape index (κ2) is 5.61. The number of halogens is 3. The van der Waals surface area contributed by atoms with Crippen LogP contribution in [0.3, 0.4) is 0 Å². The predicted octanol–water partition coefficient (Wildman–Crippen LogP) is 2.45. The zero-order chi connectivity index (χ0) is 15.6. The molecular formula is C13H7F3N2O3. The Kier molecular flexibility index (Phi) is 3.88. The summed E-state index contributed by atoms with van der Waals surface area (Å²) in [6, 6.07) is 3.51. The Hall–Kier alpha value is -2.90. The summed E-state index contributed by atoms with van der Waals surface area (Å²) < 4.78 is 39.5. The maximum absolute atomic E-state index is 13.4. The highest BCUT2D eigenvalue weighted by Gasteiger charge is 2.19. The van der Waals surface area contributed by atoms with Gasteiger partial charge < -0.3 is 10.4 Å². The van der Waals surface area contributed by atoms with Gasteiger partial charge in [0.1, 0.15) is 5.82 Å². The van der Waals surface area contributed by atoms with Gasteiger partial charge in [0.25, 0.3) is 5.91 Å². The molecule has 8 heteroatoms. The van der Waals surface area contributed by atoms with Crippen LogP contribution in [0.15, 0.2) is 30.5 Å². The summed E-state index contributed by atoms with van der Waals surface area (Å²) in [7, 11) is 0. The molecule has 2 N–H and O–H groups in total. The number of rotatable bonds is 3. The van der Waals surface area contributed by atoms with Gasteiger partial charge in [-0.3, -0.25) is 4.79 Å². The molecule has 0 saturated heterocycles. The third kappa shape index (κ3) is 2.99. The lowest BCUT2D eigenvalue weighted by molar-refractivity contribution is 0.0698. The van der Waals surface area contributed by atoms with E-state index >= 15 is 0 Å². The average Bonchev–Trinajstić information content (AvgIpc) is 2.41. The Morgan fingerprint density at radius 1 is 1.10 bits per heavy atom.